The first-order chi connectivity index (χ1) is 15.4. The van der Waals surface area contributed by atoms with Crippen LogP contribution in [0.4, 0.5) is 5.00 Å². The molecule has 2 aliphatic rings. The summed E-state index contributed by atoms with van der Waals surface area (Å²) < 4.78 is 5.78. The van der Waals surface area contributed by atoms with Crippen LogP contribution in [0.25, 0.3) is 0 Å². The van der Waals surface area contributed by atoms with Crippen molar-refractivity contribution in [3.8, 4) is 5.75 Å². The van der Waals surface area contributed by atoms with Gasteiger partial charge in [-0.2, -0.15) is 0 Å². The van der Waals surface area contributed by atoms with Crippen LogP contribution in [0.3, 0.4) is 0 Å². The Morgan fingerprint density at radius 1 is 1.19 bits per heavy atom. The molecule has 0 bridgehead atoms. The molecule has 172 valence electrons. The quantitative estimate of drug-likeness (QED) is 0.611. The van der Waals surface area contributed by atoms with E-state index in [1.807, 2.05) is 31.2 Å². The van der Waals surface area contributed by atoms with Gasteiger partial charge in [-0.05, 0) is 56.0 Å². The highest BCUT2D eigenvalue weighted by molar-refractivity contribution is 7.17. The third-order valence-corrected chi connectivity index (χ3v) is 7.69. The number of benzene rings is 1. The van der Waals surface area contributed by atoms with Crippen LogP contribution in [0.15, 0.2) is 24.3 Å². The van der Waals surface area contributed by atoms with Gasteiger partial charge in [0.2, 0.25) is 5.91 Å². The maximum atomic E-state index is 12.9. The molecule has 0 spiro atoms. The van der Waals surface area contributed by atoms with Gasteiger partial charge in [-0.3, -0.25) is 19.4 Å². The third kappa shape index (κ3) is 5.26. The summed E-state index contributed by atoms with van der Waals surface area (Å²) in [5, 5.41) is 4.28. The Balaban J connectivity index is 1.24. The SMILES string of the molecule is C[C@@H](C(=O)Nc1sc2c(c1C(N)=O)CCC2)N1CCN(CCOc2ccc(Cl)cc2)CC1. The predicted molar refractivity (Wildman–Crippen MR) is 128 cm³/mol. The molecule has 1 saturated heterocycles. The summed E-state index contributed by atoms with van der Waals surface area (Å²) in [7, 11) is 0. The number of thiophene rings is 1. The number of nitrogens with one attached hydrogen (secondary N) is 1. The Morgan fingerprint density at radius 2 is 1.91 bits per heavy atom. The number of rotatable bonds is 8. The first-order valence-corrected chi connectivity index (χ1v) is 12.2. The van der Waals surface area contributed by atoms with Gasteiger partial charge >= 0.3 is 0 Å². The molecule has 3 N–H and O–H groups in total. The normalized spacial score (nSPS) is 17.7. The highest BCUT2D eigenvalue weighted by Gasteiger charge is 2.29. The van der Waals surface area contributed by atoms with Crippen molar-refractivity contribution in [2.75, 3.05) is 44.6 Å². The zero-order valence-electron chi connectivity index (χ0n) is 18.2. The standard InChI is InChI=1S/C23H29ClN4O3S/c1-15(22(30)26-23-20(21(25)29)18-3-2-4-19(18)32-23)28-11-9-27(10-12-28)13-14-31-17-7-5-16(24)6-8-17/h5-8,15H,2-4,9-14H2,1H3,(H2,25,29)(H,26,30)/t15-/m0/s1. The minimum Gasteiger partial charge on any atom is -0.492 e. The molecule has 0 unspecified atom stereocenters. The summed E-state index contributed by atoms with van der Waals surface area (Å²) in [6, 6.07) is 7.09. The highest BCUT2D eigenvalue weighted by Crippen LogP contribution is 2.38. The predicted octanol–water partition coefficient (Wildman–Crippen LogP) is 3.01. The second kappa shape index (κ2) is 10.2. The molecule has 9 heteroatoms. The van der Waals surface area contributed by atoms with E-state index in [-0.39, 0.29) is 11.9 Å². The van der Waals surface area contributed by atoms with Crippen LogP contribution < -0.4 is 15.8 Å². The lowest BCUT2D eigenvalue weighted by atomic mass is 10.1. The number of halogens is 1. The molecular weight excluding hydrogens is 448 g/mol. The monoisotopic (exact) mass is 476 g/mol. The second-order valence-electron chi connectivity index (χ2n) is 8.27. The number of carbonyl (C=O) groups excluding carboxylic acids is 2. The highest BCUT2D eigenvalue weighted by atomic mass is 35.5. The van der Waals surface area contributed by atoms with Gasteiger partial charge in [-0.15, -0.1) is 11.3 Å². The first-order valence-electron chi connectivity index (χ1n) is 11.0. The van der Waals surface area contributed by atoms with Gasteiger partial charge in [0.05, 0.1) is 11.6 Å². The number of nitrogens with two attached hydrogens (primary N) is 1. The molecule has 0 radical (unpaired) electrons. The Labute approximate surface area is 197 Å². The van der Waals surface area contributed by atoms with Crippen molar-refractivity contribution in [2.24, 2.45) is 5.73 Å². The molecule has 1 aliphatic carbocycles. The molecule has 1 aromatic heterocycles. The van der Waals surface area contributed by atoms with Crippen LogP contribution in [0, 0.1) is 0 Å². The molecule has 1 fully saturated rings. The van der Waals surface area contributed by atoms with Crippen molar-refractivity contribution in [1.29, 1.82) is 0 Å². The van der Waals surface area contributed by atoms with Crippen LogP contribution >= 0.6 is 22.9 Å². The van der Waals surface area contributed by atoms with E-state index in [1.54, 1.807) is 0 Å². The van der Waals surface area contributed by atoms with Crippen molar-refractivity contribution in [3.05, 3.63) is 45.3 Å². The fourth-order valence-electron chi connectivity index (χ4n) is 4.33. The van der Waals surface area contributed by atoms with E-state index in [0.29, 0.717) is 22.2 Å². The maximum absolute atomic E-state index is 12.9. The van der Waals surface area contributed by atoms with Gasteiger partial charge in [0.15, 0.2) is 0 Å². The van der Waals surface area contributed by atoms with Crippen LogP contribution in [0.1, 0.15) is 34.1 Å². The van der Waals surface area contributed by atoms with Crippen LogP contribution in [0.5, 0.6) is 5.75 Å². The number of amides is 2. The average molecular weight is 477 g/mol. The van der Waals surface area contributed by atoms with E-state index in [1.165, 1.54) is 16.2 Å². The lowest BCUT2D eigenvalue weighted by Crippen LogP contribution is -2.53. The number of anilines is 1. The number of carbonyl (C=O) groups is 2. The molecule has 32 heavy (non-hydrogen) atoms. The molecule has 1 aromatic carbocycles. The molecule has 2 heterocycles. The molecule has 2 amide bonds. The Bertz CT molecular complexity index is 970. The van der Waals surface area contributed by atoms with Crippen molar-refractivity contribution in [2.45, 2.75) is 32.2 Å². The number of ether oxygens (including phenoxy) is 1. The lowest BCUT2D eigenvalue weighted by molar-refractivity contribution is -0.121. The molecule has 0 saturated carbocycles. The van der Waals surface area contributed by atoms with Gasteiger partial charge in [0.25, 0.3) is 5.91 Å². The van der Waals surface area contributed by atoms with Gasteiger partial charge in [-0.25, -0.2) is 0 Å². The van der Waals surface area contributed by atoms with E-state index < -0.39 is 5.91 Å². The zero-order chi connectivity index (χ0) is 22.7. The number of primary amides is 1. The Kier molecular flexibility index (Phi) is 7.35. The summed E-state index contributed by atoms with van der Waals surface area (Å²) in [5.41, 5.74) is 7.15. The topological polar surface area (TPSA) is 87.9 Å². The van der Waals surface area contributed by atoms with Crippen molar-refractivity contribution in [3.63, 3.8) is 0 Å². The third-order valence-electron chi connectivity index (χ3n) is 6.23. The minimum absolute atomic E-state index is 0.0908. The first kappa shape index (κ1) is 23.0. The van der Waals surface area contributed by atoms with Crippen LogP contribution in [-0.4, -0.2) is 67.0 Å². The number of hydrogen-bond acceptors (Lipinski definition) is 6. The van der Waals surface area contributed by atoms with Crippen LogP contribution in [-0.2, 0) is 17.6 Å². The smallest absolute Gasteiger partial charge is 0.251 e. The van der Waals surface area contributed by atoms with E-state index in [2.05, 4.69) is 15.1 Å². The summed E-state index contributed by atoms with van der Waals surface area (Å²) in [6.07, 6.45) is 2.86. The van der Waals surface area contributed by atoms with E-state index in [0.717, 1.165) is 63.3 Å². The fourth-order valence-corrected chi connectivity index (χ4v) is 5.76. The van der Waals surface area contributed by atoms with Gasteiger partial charge in [0, 0.05) is 42.6 Å². The van der Waals surface area contributed by atoms with E-state index in [4.69, 9.17) is 22.1 Å². The number of nitrogens with zero attached hydrogens (tertiary/aromatic N) is 2. The van der Waals surface area contributed by atoms with Gasteiger partial charge in [-0.1, -0.05) is 11.6 Å². The Morgan fingerprint density at radius 3 is 2.59 bits per heavy atom. The van der Waals surface area contributed by atoms with E-state index in [9.17, 15) is 9.59 Å². The summed E-state index contributed by atoms with van der Waals surface area (Å²) in [6.45, 7) is 6.72. The molecule has 1 aliphatic heterocycles. The van der Waals surface area contributed by atoms with Crippen molar-refractivity contribution in [1.82, 2.24) is 9.80 Å². The van der Waals surface area contributed by atoms with Crippen molar-refractivity contribution >= 4 is 39.8 Å². The summed E-state index contributed by atoms with van der Waals surface area (Å²) in [4.78, 5) is 30.6. The van der Waals surface area contributed by atoms with E-state index >= 15 is 0 Å². The van der Waals surface area contributed by atoms with Gasteiger partial charge in [0.1, 0.15) is 17.4 Å². The maximum Gasteiger partial charge on any atom is 0.251 e. The van der Waals surface area contributed by atoms with Gasteiger partial charge < -0.3 is 15.8 Å². The number of piperazine rings is 1. The van der Waals surface area contributed by atoms with Crippen molar-refractivity contribution < 1.29 is 14.3 Å². The molecule has 7 nitrogen and oxygen atoms in total. The lowest BCUT2D eigenvalue weighted by Gasteiger charge is -2.37. The molecule has 2 aromatic rings. The average Bonchev–Trinajstić information content (AvgIpc) is 3.35. The summed E-state index contributed by atoms with van der Waals surface area (Å²) in [5.74, 6) is 0.266. The minimum atomic E-state index is -0.457. The number of aryl methyl sites for hydroxylation is 1. The zero-order valence-corrected chi connectivity index (χ0v) is 19.8. The number of hydrogen-bond donors (Lipinski definition) is 2. The Hall–Kier alpha value is -2.13. The number of fused-ring (bicyclic) bond motifs is 1. The molecule has 1 atom stereocenters. The second-order valence-corrected chi connectivity index (χ2v) is 9.81. The molecule has 4 rings (SSSR count). The fraction of sp³-hybridized carbons (Fsp3) is 0.478. The summed E-state index contributed by atoms with van der Waals surface area (Å²) >= 11 is 7.39. The van der Waals surface area contributed by atoms with Crippen LogP contribution in [0.2, 0.25) is 5.02 Å². The molecular formula is C23H29ClN4O3S. The largest absolute Gasteiger partial charge is 0.492 e.